The quantitative estimate of drug-likeness (QED) is 0.759. The van der Waals surface area contributed by atoms with E-state index in [0.29, 0.717) is 13.1 Å². The number of sulfonamides is 1. The number of nitrogens with one attached hydrogen (secondary N) is 2. The number of hydrogen-bond donors (Lipinski definition) is 2. The average molecular weight is 360 g/mol. The zero-order valence-electron chi connectivity index (χ0n) is 14.1. The van der Waals surface area contributed by atoms with Crippen LogP contribution in [0.5, 0.6) is 0 Å². The van der Waals surface area contributed by atoms with Crippen LogP contribution in [0.4, 0.5) is 0 Å². The van der Waals surface area contributed by atoms with Gasteiger partial charge in [0.25, 0.3) is 0 Å². The Morgan fingerprint density at radius 1 is 0.960 bits per heavy atom. The van der Waals surface area contributed by atoms with Crippen LogP contribution in [0.3, 0.4) is 0 Å². The molecule has 3 rings (SSSR count). The summed E-state index contributed by atoms with van der Waals surface area (Å²) in [6.07, 6.45) is 1.90. The molecule has 2 aromatic carbocycles. The molecular weight excluding hydrogens is 336 g/mol. The number of hydrogen-bond acceptors (Lipinski definition) is 4. The zero-order chi connectivity index (χ0) is 17.5. The molecule has 0 spiro atoms. The van der Waals surface area contributed by atoms with Crippen molar-refractivity contribution in [3.05, 3.63) is 65.7 Å². The van der Waals surface area contributed by atoms with Crippen molar-refractivity contribution in [1.29, 1.82) is 0 Å². The highest BCUT2D eigenvalue weighted by molar-refractivity contribution is 7.89. The fourth-order valence-electron chi connectivity index (χ4n) is 2.82. The molecular formula is C19H24N2O3S. The SMILES string of the molecule is O=S(=O)(NCC1CCCO1)c1ccc(CNCc2ccccc2)cc1. The van der Waals surface area contributed by atoms with Crippen LogP contribution in [0.2, 0.25) is 0 Å². The molecule has 1 heterocycles. The van der Waals surface area contributed by atoms with Crippen LogP contribution in [-0.2, 0) is 27.8 Å². The van der Waals surface area contributed by atoms with Gasteiger partial charge in [0.05, 0.1) is 11.0 Å². The maximum Gasteiger partial charge on any atom is 0.240 e. The fraction of sp³-hybridized carbons (Fsp3) is 0.368. The Bertz CT molecular complexity index is 755. The second kappa shape index (κ2) is 8.58. The summed E-state index contributed by atoms with van der Waals surface area (Å²) in [5, 5.41) is 3.36. The molecule has 0 aliphatic carbocycles. The van der Waals surface area contributed by atoms with Gasteiger partial charge in [-0.05, 0) is 36.1 Å². The largest absolute Gasteiger partial charge is 0.377 e. The van der Waals surface area contributed by atoms with Crippen molar-refractivity contribution in [2.45, 2.75) is 36.9 Å². The fourth-order valence-corrected chi connectivity index (χ4v) is 3.89. The molecule has 0 amide bonds. The Balaban J connectivity index is 1.50. The predicted molar refractivity (Wildman–Crippen MR) is 97.6 cm³/mol. The smallest absolute Gasteiger partial charge is 0.240 e. The molecule has 1 fully saturated rings. The molecule has 1 aliphatic heterocycles. The highest BCUT2D eigenvalue weighted by Crippen LogP contribution is 2.14. The first-order chi connectivity index (χ1) is 12.1. The van der Waals surface area contributed by atoms with Gasteiger partial charge in [-0.15, -0.1) is 0 Å². The number of rotatable bonds is 8. The van der Waals surface area contributed by atoms with Crippen molar-refractivity contribution < 1.29 is 13.2 Å². The number of ether oxygens (including phenoxy) is 1. The lowest BCUT2D eigenvalue weighted by Gasteiger charge is -2.12. The zero-order valence-corrected chi connectivity index (χ0v) is 15.0. The van der Waals surface area contributed by atoms with E-state index in [2.05, 4.69) is 22.2 Å². The van der Waals surface area contributed by atoms with Crippen molar-refractivity contribution >= 4 is 10.0 Å². The van der Waals surface area contributed by atoms with Crippen LogP contribution in [0, 0.1) is 0 Å². The summed E-state index contributed by atoms with van der Waals surface area (Å²) in [5.41, 5.74) is 2.27. The molecule has 0 saturated carbocycles. The predicted octanol–water partition coefficient (Wildman–Crippen LogP) is 2.43. The van der Waals surface area contributed by atoms with E-state index >= 15 is 0 Å². The van der Waals surface area contributed by atoms with E-state index in [9.17, 15) is 8.42 Å². The normalized spacial score (nSPS) is 17.7. The minimum absolute atomic E-state index is 0.00349. The van der Waals surface area contributed by atoms with Crippen LogP contribution < -0.4 is 10.0 Å². The van der Waals surface area contributed by atoms with Crippen LogP contribution in [0.15, 0.2) is 59.5 Å². The summed E-state index contributed by atoms with van der Waals surface area (Å²) in [5.74, 6) is 0. The van der Waals surface area contributed by atoms with Gasteiger partial charge in [-0.3, -0.25) is 0 Å². The third kappa shape index (κ3) is 5.37. The van der Waals surface area contributed by atoms with Crippen molar-refractivity contribution in [2.75, 3.05) is 13.2 Å². The van der Waals surface area contributed by atoms with E-state index < -0.39 is 10.0 Å². The standard InChI is InChI=1S/C19H24N2O3S/c22-25(23,21-15-18-7-4-12-24-18)19-10-8-17(9-11-19)14-20-13-16-5-2-1-3-6-16/h1-3,5-6,8-11,18,20-21H,4,7,12-15H2. The lowest BCUT2D eigenvalue weighted by atomic mass is 10.2. The summed E-state index contributed by atoms with van der Waals surface area (Å²) in [4.78, 5) is 0.289. The summed E-state index contributed by atoms with van der Waals surface area (Å²) in [7, 11) is -3.48. The highest BCUT2D eigenvalue weighted by atomic mass is 32.2. The van der Waals surface area contributed by atoms with Gasteiger partial charge in [-0.2, -0.15) is 0 Å². The van der Waals surface area contributed by atoms with Gasteiger partial charge in [0.2, 0.25) is 10.0 Å². The molecule has 5 nitrogen and oxygen atoms in total. The minimum Gasteiger partial charge on any atom is -0.377 e. The highest BCUT2D eigenvalue weighted by Gasteiger charge is 2.20. The molecule has 6 heteroatoms. The van der Waals surface area contributed by atoms with Crippen molar-refractivity contribution in [3.63, 3.8) is 0 Å². The lowest BCUT2D eigenvalue weighted by molar-refractivity contribution is 0.114. The van der Waals surface area contributed by atoms with Gasteiger partial charge in [0.15, 0.2) is 0 Å². The molecule has 1 saturated heterocycles. The Morgan fingerprint density at radius 2 is 1.64 bits per heavy atom. The minimum atomic E-state index is -3.48. The first-order valence-electron chi connectivity index (χ1n) is 8.58. The van der Waals surface area contributed by atoms with Gasteiger partial charge in [0.1, 0.15) is 0 Å². The molecule has 1 unspecified atom stereocenters. The van der Waals surface area contributed by atoms with Gasteiger partial charge in [-0.25, -0.2) is 13.1 Å². The van der Waals surface area contributed by atoms with Gasteiger partial charge in [0, 0.05) is 26.2 Å². The van der Waals surface area contributed by atoms with Gasteiger partial charge < -0.3 is 10.1 Å². The van der Waals surface area contributed by atoms with Crippen LogP contribution in [-0.4, -0.2) is 27.7 Å². The molecule has 0 bridgehead atoms. The number of benzene rings is 2. The first-order valence-corrected chi connectivity index (χ1v) is 10.1. The van der Waals surface area contributed by atoms with Gasteiger partial charge >= 0.3 is 0 Å². The lowest BCUT2D eigenvalue weighted by Crippen LogP contribution is -2.31. The van der Waals surface area contributed by atoms with E-state index in [4.69, 9.17) is 4.74 Å². The molecule has 134 valence electrons. The Labute approximate surface area is 149 Å². The monoisotopic (exact) mass is 360 g/mol. The van der Waals surface area contributed by atoms with Crippen LogP contribution in [0.25, 0.3) is 0 Å². The molecule has 0 aromatic heterocycles. The Hall–Kier alpha value is -1.73. The van der Waals surface area contributed by atoms with E-state index in [1.807, 2.05) is 30.3 Å². The maximum absolute atomic E-state index is 12.3. The first kappa shape index (κ1) is 18.1. The van der Waals surface area contributed by atoms with E-state index in [-0.39, 0.29) is 11.0 Å². The summed E-state index contributed by atoms with van der Waals surface area (Å²) >= 11 is 0. The summed E-state index contributed by atoms with van der Waals surface area (Å²) in [6, 6.07) is 17.2. The Morgan fingerprint density at radius 3 is 2.28 bits per heavy atom. The summed E-state index contributed by atoms with van der Waals surface area (Å²) < 4.78 is 32.7. The summed E-state index contributed by atoms with van der Waals surface area (Å²) in [6.45, 7) is 2.53. The maximum atomic E-state index is 12.3. The third-order valence-corrected chi connectivity index (χ3v) is 5.70. The Kier molecular flexibility index (Phi) is 6.20. The van der Waals surface area contributed by atoms with Gasteiger partial charge in [-0.1, -0.05) is 42.5 Å². The molecule has 1 atom stereocenters. The van der Waals surface area contributed by atoms with Crippen molar-refractivity contribution in [2.24, 2.45) is 0 Å². The molecule has 2 aromatic rings. The van der Waals surface area contributed by atoms with Crippen molar-refractivity contribution in [1.82, 2.24) is 10.0 Å². The van der Waals surface area contributed by atoms with Crippen LogP contribution in [0.1, 0.15) is 24.0 Å². The van der Waals surface area contributed by atoms with E-state index in [0.717, 1.165) is 31.6 Å². The second-order valence-corrected chi connectivity index (χ2v) is 7.99. The second-order valence-electron chi connectivity index (χ2n) is 6.22. The molecule has 0 radical (unpaired) electrons. The average Bonchev–Trinajstić information content (AvgIpc) is 3.15. The third-order valence-electron chi connectivity index (χ3n) is 4.26. The topological polar surface area (TPSA) is 67.4 Å². The van der Waals surface area contributed by atoms with Crippen LogP contribution >= 0.6 is 0 Å². The van der Waals surface area contributed by atoms with Crippen molar-refractivity contribution in [3.8, 4) is 0 Å². The molecule has 2 N–H and O–H groups in total. The molecule has 25 heavy (non-hydrogen) atoms. The van der Waals surface area contributed by atoms with E-state index in [1.54, 1.807) is 12.1 Å². The molecule has 1 aliphatic rings. The van der Waals surface area contributed by atoms with E-state index in [1.165, 1.54) is 5.56 Å².